The molecule has 0 atom stereocenters. The number of benzene rings is 5. The first-order valence-corrected chi connectivity index (χ1v) is 20.1. The lowest BCUT2D eigenvalue weighted by atomic mass is 9.93. The van der Waals surface area contributed by atoms with Crippen LogP contribution in [0, 0.1) is 0 Å². The molecule has 0 N–H and O–H groups in total. The van der Waals surface area contributed by atoms with Gasteiger partial charge in [0, 0.05) is 87.4 Å². The summed E-state index contributed by atoms with van der Waals surface area (Å²) < 4.78 is 5.18. The van der Waals surface area contributed by atoms with Crippen LogP contribution in [0.3, 0.4) is 0 Å². The van der Waals surface area contributed by atoms with Crippen molar-refractivity contribution in [3.63, 3.8) is 0 Å². The molecule has 0 bridgehead atoms. The molecule has 0 aliphatic rings. The Balaban J connectivity index is 1.12. The standard InChI is InChI=1S/C50H30N4S2/c1-3-16-47-39(8-1)41-12-5-10-37(49(41)55-47)33-26-34(38-11-6-13-42-40-9-2-4-17-48(40)56-50(38)42)28-35(27-33)43-14-7-15-44(53-43)36-29-45(31-18-22-51-23-19-31)54-46(30-36)32-20-24-52-25-21-32/h1-30H. The first-order valence-electron chi connectivity index (χ1n) is 18.5. The molecule has 4 nitrogen and oxygen atoms in total. The van der Waals surface area contributed by atoms with E-state index in [-0.39, 0.29) is 0 Å². The van der Waals surface area contributed by atoms with E-state index < -0.39 is 0 Å². The summed E-state index contributed by atoms with van der Waals surface area (Å²) in [7, 11) is 0. The van der Waals surface area contributed by atoms with Gasteiger partial charge in [-0.3, -0.25) is 9.97 Å². The summed E-state index contributed by atoms with van der Waals surface area (Å²) in [6.07, 6.45) is 7.21. The van der Waals surface area contributed by atoms with Gasteiger partial charge in [-0.2, -0.15) is 0 Å². The van der Waals surface area contributed by atoms with Crippen molar-refractivity contribution in [2.24, 2.45) is 0 Å². The van der Waals surface area contributed by atoms with Crippen molar-refractivity contribution >= 4 is 63.0 Å². The highest BCUT2D eigenvalue weighted by Crippen LogP contribution is 2.45. The number of thiophene rings is 2. The zero-order chi connectivity index (χ0) is 37.0. The van der Waals surface area contributed by atoms with Gasteiger partial charge in [0.05, 0.1) is 22.8 Å². The Kier molecular flexibility index (Phi) is 7.83. The molecule has 11 aromatic rings. The molecule has 0 radical (unpaired) electrons. The van der Waals surface area contributed by atoms with Crippen molar-refractivity contribution in [3.05, 3.63) is 183 Å². The van der Waals surface area contributed by atoms with Crippen molar-refractivity contribution < 1.29 is 0 Å². The summed E-state index contributed by atoms with van der Waals surface area (Å²) in [4.78, 5) is 19.0. The van der Waals surface area contributed by atoms with E-state index in [1.165, 1.54) is 62.6 Å². The van der Waals surface area contributed by atoms with Crippen LogP contribution in [0.2, 0.25) is 0 Å². The van der Waals surface area contributed by atoms with E-state index in [1.807, 2.05) is 46.9 Å². The highest BCUT2D eigenvalue weighted by atomic mass is 32.1. The van der Waals surface area contributed by atoms with E-state index >= 15 is 0 Å². The number of hydrogen-bond acceptors (Lipinski definition) is 6. The van der Waals surface area contributed by atoms with E-state index in [4.69, 9.17) is 9.97 Å². The third-order valence-corrected chi connectivity index (χ3v) is 12.9. The minimum Gasteiger partial charge on any atom is -0.265 e. The van der Waals surface area contributed by atoms with Gasteiger partial charge in [-0.25, -0.2) is 9.97 Å². The highest BCUT2D eigenvalue weighted by Gasteiger charge is 2.17. The quantitative estimate of drug-likeness (QED) is 0.170. The fourth-order valence-corrected chi connectivity index (χ4v) is 10.3. The largest absolute Gasteiger partial charge is 0.265 e. The normalized spacial score (nSPS) is 11.6. The number of aromatic nitrogens is 4. The molecular weight excluding hydrogens is 721 g/mol. The number of hydrogen-bond donors (Lipinski definition) is 0. The molecule has 11 rings (SSSR count). The van der Waals surface area contributed by atoms with E-state index in [0.717, 1.165) is 45.0 Å². The molecule has 6 heteroatoms. The Morgan fingerprint density at radius 2 is 0.714 bits per heavy atom. The van der Waals surface area contributed by atoms with Crippen molar-refractivity contribution in [1.82, 2.24) is 19.9 Å². The summed E-state index contributed by atoms with van der Waals surface area (Å²) in [5, 5.41) is 5.17. The van der Waals surface area contributed by atoms with Crippen molar-refractivity contribution in [1.29, 1.82) is 0 Å². The molecular formula is C50H30N4S2. The maximum absolute atomic E-state index is 5.40. The summed E-state index contributed by atoms with van der Waals surface area (Å²) in [6.45, 7) is 0. The zero-order valence-corrected chi connectivity index (χ0v) is 31.6. The molecule has 0 unspecified atom stereocenters. The molecule has 0 spiro atoms. The molecule has 6 heterocycles. The van der Waals surface area contributed by atoms with Gasteiger partial charge in [-0.05, 0) is 101 Å². The first-order chi connectivity index (χ1) is 27.7. The Morgan fingerprint density at radius 3 is 1.23 bits per heavy atom. The zero-order valence-electron chi connectivity index (χ0n) is 29.9. The van der Waals surface area contributed by atoms with Gasteiger partial charge in [-0.1, -0.05) is 78.9 Å². The molecule has 0 aliphatic heterocycles. The average Bonchev–Trinajstić information content (AvgIpc) is 3.86. The fraction of sp³-hybridized carbons (Fsp3) is 0. The Bertz CT molecular complexity index is 3070. The number of nitrogens with zero attached hydrogens (tertiary/aromatic N) is 4. The lowest BCUT2D eigenvalue weighted by Gasteiger charge is -2.14. The summed E-state index contributed by atoms with van der Waals surface area (Å²) in [5.41, 5.74) is 12.3. The lowest BCUT2D eigenvalue weighted by molar-refractivity contribution is 1.26. The number of pyridine rings is 4. The maximum atomic E-state index is 5.40. The van der Waals surface area contributed by atoms with E-state index in [2.05, 4.69) is 143 Å². The predicted octanol–water partition coefficient (Wildman–Crippen LogP) is 14.0. The van der Waals surface area contributed by atoms with Crippen LogP contribution in [-0.4, -0.2) is 19.9 Å². The first kappa shape index (κ1) is 32.6. The summed E-state index contributed by atoms with van der Waals surface area (Å²) in [6, 6.07) is 56.4. The van der Waals surface area contributed by atoms with Crippen LogP contribution in [0.15, 0.2) is 183 Å². The topological polar surface area (TPSA) is 51.6 Å². The molecule has 0 saturated carbocycles. The molecule has 0 aliphatic carbocycles. The minimum absolute atomic E-state index is 0.862. The van der Waals surface area contributed by atoms with Gasteiger partial charge in [-0.15, -0.1) is 22.7 Å². The van der Waals surface area contributed by atoms with Crippen LogP contribution in [0.4, 0.5) is 0 Å². The fourth-order valence-electron chi connectivity index (χ4n) is 7.81. The highest BCUT2D eigenvalue weighted by molar-refractivity contribution is 7.26. The predicted molar refractivity (Wildman–Crippen MR) is 236 cm³/mol. The van der Waals surface area contributed by atoms with Gasteiger partial charge < -0.3 is 0 Å². The number of fused-ring (bicyclic) bond motifs is 6. The molecule has 6 aromatic heterocycles. The average molecular weight is 751 g/mol. The maximum Gasteiger partial charge on any atom is 0.0717 e. The number of rotatable bonds is 6. The second kappa shape index (κ2) is 13.5. The Labute approximate surface area is 331 Å². The van der Waals surface area contributed by atoms with Crippen LogP contribution in [0.5, 0.6) is 0 Å². The van der Waals surface area contributed by atoms with Crippen LogP contribution >= 0.6 is 22.7 Å². The van der Waals surface area contributed by atoms with Gasteiger partial charge in [0.25, 0.3) is 0 Å². The van der Waals surface area contributed by atoms with Crippen LogP contribution in [-0.2, 0) is 0 Å². The van der Waals surface area contributed by atoms with E-state index in [1.54, 1.807) is 24.8 Å². The monoisotopic (exact) mass is 750 g/mol. The van der Waals surface area contributed by atoms with Crippen LogP contribution in [0.25, 0.3) is 108 Å². The summed E-state index contributed by atoms with van der Waals surface area (Å²) >= 11 is 3.73. The summed E-state index contributed by atoms with van der Waals surface area (Å²) in [5.74, 6) is 0. The Morgan fingerprint density at radius 1 is 0.304 bits per heavy atom. The molecule has 0 amide bonds. The SMILES string of the molecule is c1cc(-c2cc(-c3cccc4c3sc3ccccc34)cc(-c3cccc4c3sc3ccccc34)c2)nc(-c2cc(-c3ccncc3)nc(-c3ccncc3)c2)c1. The van der Waals surface area contributed by atoms with Crippen molar-refractivity contribution in [2.75, 3.05) is 0 Å². The molecule has 56 heavy (non-hydrogen) atoms. The third-order valence-electron chi connectivity index (χ3n) is 10.5. The molecule has 262 valence electrons. The minimum atomic E-state index is 0.862. The van der Waals surface area contributed by atoms with Crippen molar-refractivity contribution in [3.8, 4) is 67.3 Å². The third kappa shape index (κ3) is 5.66. The van der Waals surface area contributed by atoms with Gasteiger partial charge in [0.2, 0.25) is 0 Å². The smallest absolute Gasteiger partial charge is 0.0717 e. The van der Waals surface area contributed by atoms with Crippen LogP contribution < -0.4 is 0 Å². The second-order valence-corrected chi connectivity index (χ2v) is 16.0. The van der Waals surface area contributed by atoms with Crippen LogP contribution in [0.1, 0.15) is 0 Å². The van der Waals surface area contributed by atoms with Gasteiger partial charge in [0.15, 0.2) is 0 Å². The second-order valence-electron chi connectivity index (χ2n) is 13.9. The molecule has 0 saturated heterocycles. The Hall–Kier alpha value is -6.86. The molecule has 5 aromatic carbocycles. The van der Waals surface area contributed by atoms with E-state index in [9.17, 15) is 0 Å². The van der Waals surface area contributed by atoms with E-state index in [0.29, 0.717) is 0 Å². The van der Waals surface area contributed by atoms with Crippen molar-refractivity contribution in [2.45, 2.75) is 0 Å². The lowest BCUT2D eigenvalue weighted by Crippen LogP contribution is -1.94. The van der Waals surface area contributed by atoms with Gasteiger partial charge >= 0.3 is 0 Å². The van der Waals surface area contributed by atoms with Gasteiger partial charge in [0.1, 0.15) is 0 Å². The molecule has 0 fully saturated rings.